The Labute approximate surface area is 186 Å². The van der Waals surface area contributed by atoms with Gasteiger partial charge in [-0.3, -0.25) is 19.8 Å². The van der Waals surface area contributed by atoms with E-state index < -0.39 is 5.97 Å². The first-order valence-electron chi connectivity index (χ1n) is 10.4. The number of hydrogen-bond donors (Lipinski definition) is 1. The van der Waals surface area contributed by atoms with Crippen molar-refractivity contribution in [3.8, 4) is 0 Å². The molecule has 0 bridgehead atoms. The molecule has 1 heterocycles. The molecule has 0 atom stereocenters. The van der Waals surface area contributed by atoms with Gasteiger partial charge >= 0.3 is 5.97 Å². The third kappa shape index (κ3) is 6.39. The van der Waals surface area contributed by atoms with Crippen LogP contribution in [0.15, 0.2) is 54.6 Å². The van der Waals surface area contributed by atoms with Crippen molar-refractivity contribution in [1.82, 2.24) is 4.90 Å². The molecule has 1 aliphatic rings. The molecule has 2 aromatic rings. The van der Waals surface area contributed by atoms with Crippen molar-refractivity contribution in [2.24, 2.45) is 0 Å². The highest BCUT2D eigenvalue weighted by molar-refractivity contribution is 5.92. The molecule has 9 nitrogen and oxygen atoms in total. The highest BCUT2D eigenvalue weighted by Crippen LogP contribution is 2.28. The van der Waals surface area contributed by atoms with Crippen LogP contribution in [0.25, 0.3) is 6.08 Å². The van der Waals surface area contributed by atoms with Gasteiger partial charge in [0.1, 0.15) is 5.69 Å². The number of benzene rings is 2. The van der Waals surface area contributed by atoms with Crippen molar-refractivity contribution in [3.05, 3.63) is 70.3 Å². The van der Waals surface area contributed by atoms with Crippen LogP contribution in [0, 0.1) is 10.1 Å². The fraction of sp³-hybridized carbons (Fsp3) is 0.304. The van der Waals surface area contributed by atoms with Crippen molar-refractivity contribution in [2.45, 2.75) is 6.92 Å². The van der Waals surface area contributed by atoms with Gasteiger partial charge in [0.2, 0.25) is 5.91 Å². The number of nitrogens with zero attached hydrogens (tertiary/aromatic N) is 3. The maximum Gasteiger partial charge on any atom is 0.330 e. The second-order valence-electron chi connectivity index (χ2n) is 7.26. The monoisotopic (exact) mass is 438 g/mol. The summed E-state index contributed by atoms with van der Waals surface area (Å²) in [6, 6.07) is 13.9. The van der Waals surface area contributed by atoms with Gasteiger partial charge in [0.25, 0.3) is 5.69 Å². The summed E-state index contributed by atoms with van der Waals surface area (Å²) < 4.78 is 4.84. The molecule has 0 saturated carbocycles. The van der Waals surface area contributed by atoms with E-state index in [9.17, 15) is 19.7 Å². The van der Waals surface area contributed by atoms with Crippen LogP contribution >= 0.6 is 0 Å². The lowest BCUT2D eigenvalue weighted by Gasteiger charge is -2.35. The average Bonchev–Trinajstić information content (AvgIpc) is 2.79. The molecule has 0 aliphatic carbocycles. The van der Waals surface area contributed by atoms with Crippen LogP contribution in [0.4, 0.5) is 17.1 Å². The first kappa shape index (κ1) is 23.0. The van der Waals surface area contributed by atoms with E-state index in [0.717, 1.165) is 5.56 Å². The molecule has 3 rings (SSSR count). The van der Waals surface area contributed by atoms with E-state index in [1.165, 1.54) is 12.1 Å². The van der Waals surface area contributed by atoms with E-state index in [-0.39, 0.29) is 23.1 Å². The minimum atomic E-state index is -0.396. The van der Waals surface area contributed by atoms with E-state index in [2.05, 4.69) is 5.32 Å². The molecular weight excluding hydrogens is 412 g/mol. The molecule has 0 spiro atoms. The normalized spacial score (nSPS) is 14.3. The fourth-order valence-electron chi connectivity index (χ4n) is 3.47. The van der Waals surface area contributed by atoms with Crippen LogP contribution in [0.2, 0.25) is 0 Å². The number of hydrogen-bond acceptors (Lipinski definition) is 7. The molecule has 0 unspecified atom stereocenters. The summed E-state index contributed by atoms with van der Waals surface area (Å²) in [5, 5.41) is 14.1. The predicted octanol–water partition coefficient (Wildman–Crippen LogP) is 2.93. The lowest BCUT2D eigenvalue weighted by Crippen LogP contribution is -2.48. The van der Waals surface area contributed by atoms with Gasteiger partial charge in [0.15, 0.2) is 0 Å². The number of amides is 1. The molecule has 0 aromatic heterocycles. The minimum Gasteiger partial charge on any atom is -0.463 e. The second-order valence-corrected chi connectivity index (χ2v) is 7.26. The Morgan fingerprint density at radius 3 is 2.44 bits per heavy atom. The average molecular weight is 438 g/mol. The summed E-state index contributed by atoms with van der Waals surface area (Å²) >= 11 is 0. The van der Waals surface area contributed by atoms with Gasteiger partial charge in [0, 0.05) is 44.0 Å². The van der Waals surface area contributed by atoms with Crippen molar-refractivity contribution < 1.29 is 19.2 Å². The van der Waals surface area contributed by atoms with Crippen LogP contribution in [0.5, 0.6) is 0 Å². The van der Waals surface area contributed by atoms with Crippen LogP contribution in [0.3, 0.4) is 0 Å². The largest absolute Gasteiger partial charge is 0.463 e. The molecule has 1 amide bonds. The quantitative estimate of drug-likeness (QED) is 0.292. The molecule has 1 aliphatic heterocycles. The van der Waals surface area contributed by atoms with E-state index in [1.807, 2.05) is 9.80 Å². The molecule has 1 saturated heterocycles. The summed E-state index contributed by atoms with van der Waals surface area (Å²) in [5.74, 6) is -0.522. The van der Waals surface area contributed by atoms with Gasteiger partial charge < -0.3 is 15.0 Å². The maximum atomic E-state index is 12.4. The maximum absolute atomic E-state index is 12.4. The summed E-state index contributed by atoms with van der Waals surface area (Å²) in [5.41, 5.74) is 2.20. The Bertz CT molecular complexity index is 982. The zero-order valence-corrected chi connectivity index (χ0v) is 17.9. The third-order valence-electron chi connectivity index (χ3n) is 5.05. The van der Waals surface area contributed by atoms with E-state index >= 15 is 0 Å². The topological polar surface area (TPSA) is 105 Å². The lowest BCUT2D eigenvalue weighted by molar-refractivity contribution is -0.384. The van der Waals surface area contributed by atoms with Crippen molar-refractivity contribution >= 4 is 35.0 Å². The number of piperazine rings is 1. The summed E-state index contributed by atoms with van der Waals surface area (Å²) in [6.07, 6.45) is 3.01. The Hall–Kier alpha value is -3.72. The molecule has 1 N–H and O–H groups in total. The molecular formula is C23H26N4O5. The zero-order valence-electron chi connectivity index (χ0n) is 17.9. The highest BCUT2D eigenvalue weighted by Gasteiger charge is 2.24. The Morgan fingerprint density at radius 2 is 1.78 bits per heavy atom. The second kappa shape index (κ2) is 11.1. The Kier molecular flexibility index (Phi) is 7.93. The number of anilines is 2. The van der Waals surface area contributed by atoms with Crippen LogP contribution in [-0.4, -0.2) is 61.0 Å². The standard InChI is InChI=1S/C23H26N4O5/c1-2-32-23(29)12-9-18-7-10-19(11-8-18)24-22(28)17-25-13-15-26(16-14-25)20-5-3-4-6-21(20)27(30)31/h3-12H,2,13-17H2,1H3,(H,24,28)/b12-9+. The van der Waals surface area contributed by atoms with Crippen LogP contribution in [0.1, 0.15) is 12.5 Å². The van der Waals surface area contributed by atoms with Gasteiger partial charge in [0.05, 0.1) is 18.1 Å². The zero-order chi connectivity index (χ0) is 22.9. The first-order chi connectivity index (χ1) is 15.5. The number of ether oxygens (including phenoxy) is 1. The van der Waals surface area contributed by atoms with Gasteiger partial charge in [-0.1, -0.05) is 24.3 Å². The predicted molar refractivity (Wildman–Crippen MR) is 122 cm³/mol. The number of esters is 1. The van der Waals surface area contributed by atoms with Gasteiger partial charge in [-0.2, -0.15) is 0 Å². The fourth-order valence-corrected chi connectivity index (χ4v) is 3.47. The van der Waals surface area contributed by atoms with Crippen LogP contribution < -0.4 is 10.2 Å². The van der Waals surface area contributed by atoms with Gasteiger partial charge in [-0.05, 0) is 36.8 Å². The lowest BCUT2D eigenvalue weighted by atomic mass is 10.2. The van der Waals surface area contributed by atoms with E-state index in [4.69, 9.17) is 4.74 Å². The number of para-hydroxylation sites is 2. The SMILES string of the molecule is CCOC(=O)/C=C/c1ccc(NC(=O)CN2CCN(c3ccccc3[N+](=O)[O-])CC2)cc1. The highest BCUT2D eigenvalue weighted by atomic mass is 16.6. The molecule has 9 heteroatoms. The summed E-state index contributed by atoms with van der Waals surface area (Å²) in [6.45, 7) is 4.82. The number of nitro benzene ring substituents is 1. The van der Waals surface area contributed by atoms with Crippen LogP contribution in [-0.2, 0) is 14.3 Å². The number of carbonyl (C=O) groups is 2. The van der Waals surface area contributed by atoms with Gasteiger partial charge in [-0.15, -0.1) is 0 Å². The number of nitro groups is 1. The molecule has 0 radical (unpaired) electrons. The molecule has 1 fully saturated rings. The molecule has 32 heavy (non-hydrogen) atoms. The number of nitrogens with one attached hydrogen (secondary N) is 1. The van der Waals surface area contributed by atoms with E-state index in [1.54, 1.807) is 55.5 Å². The minimum absolute atomic E-state index is 0.0965. The third-order valence-corrected chi connectivity index (χ3v) is 5.05. The Morgan fingerprint density at radius 1 is 1.09 bits per heavy atom. The first-order valence-corrected chi connectivity index (χ1v) is 10.4. The molecule has 168 valence electrons. The summed E-state index contributed by atoms with van der Waals surface area (Å²) in [7, 11) is 0. The van der Waals surface area contributed by atoms with Crippen molar-refractivity contribution in [2.75, 3.05) is 49.5 Å². The smallest absolute Gasteiger partial charge is 0.330 e. The number of carbonyl (C=O) groups excluding carboxylic acids is 2. The Balaban J connectivity index is 1.47. The van der Waals surface area contributed by atoms with E-state index in [0.29, 0.717) is 44.2 Å². The number of rotatable bonds is 8. The van der Waals surface area contributed by atoms with Crippen molar-refractivity contribution in [1.29, 1.82) is 0 Å². The van der Waals surface area contributed by atoms with Gasteiger partial charge in [-0.25, -0.2) is 4.79 Å². The molecule has 2 aromatic carbocycles. The van der Waals surface area contributed by atoms with Crippen molar-refractivity contribution in [3.63, 3.8) is 0 Å². The summed E-state index contributed by atoms with van der Waals surface area (Å²) in [4.78, 5) is 38.7.